The highest BCUT2D eigenvalue weighted by atomic mass is 32.1. The molecule has 1 aromatic rings. The minimum absolute atomic E-state index is 0.0409. The normalized spacial score (nSPS) is 14.7. The van der Waals surface area contributed by atoms with E-state index in [1.807, 2.05) is 13.8 Å². The van der Waals surface area contributed by atoms with Crippen molar-refractivity contribution in [2.75, 3.05) is 18.4 Å². The van der Waals surface area contributed by atoms with Crippen LogP contribution in [0.15, 0.2) is 17.3 Å². The van der Waals surface area contributed by atoms with Crippen LogP contribution in [0.4, 0.5) is 5.13 Å². The molecule has 0 radical (unpaired) electrons. The molecule has 0 unspecified atom stereocenters. The van der Waals surface area contributed by atoms with Gasteiger partial charge in [-0.05, 0) is 19.4 Å². The number of aromatic nitrogens is 1. The van der Waals surface area contributed by atoms with Gasteiger partial charge in [0, 0.05) is 29.7 Å². The first kappa shape index (κ1) is 10.3. The van der Waals surface area contributed by atoms with Crippen LogP contribution in [0.1, 0.15) is 11.8 Å². The molecule has 0 spiro atoms. The van der Waals surface area contributed by atoms with E-state index in [2.05, 4.69) is 15.6 Å². The van der Waals surface area contributed by atoms with Gasteiger partial charge in [0.05, 0.1) is 0 Å². The lowest BCUT2D eigenvalue weighted by Crippen LogP contribution is -2.36. The molecule has 1 fully saturated rings. The molecule has 2 heterocycles. The highest BCUT2D eigenvalue weighted by Gasteiger charge is 2.16. The zero-order valence-electron chi connectivity index (χ0n) is 8.76. The Morgan fingerprint density at radius 1 is 1.60 bits per heavy atom. The Hall–Kier alpha value is -1.20. The molecule has 4 nitrogen and oxygen atoms in total. The molecule has 15 heavy (non-hydrogen) atoms. The lowest BCUT2D eigenvalue weighted by atomic mass is 10.0. The maximum absolute atomic E-state index is 11.7. The summed E-state index contributed by atoms with van der Waals surface area (Å²) in [5.41, 5.74) is 1.99. The highest BCUT2D eigenvalue weighted by molar-refractivity contribution is 7.15. The molecule has 5 heteroatoms. The molecule has 2 rings (SSSR count). The van der Waals surface area contributed by atoms with Gasteiger partial charge in [-0.1, -0.05) is 0 Å². The smallest absolute Gasteiger partial charge is 0.253 e. The molecule has 2 N–H and O–H groups in total. The summed E-state index contributed by atoms with van der Waals surface area (Å²) in [6, 6.07) is 0. The van der Waals surface area contributed by atoms with Gasteiger partial charge in [-0.2, -0.15) is 0 Å². The number of amides is 1. The Bertz CT molecular complexity index is 416. The summed E-state index contributed by atoms with van der Waals surface area (Å²) in [5.74, 6) is -0.0409. The van der Waals surface area contributed by atoms with Crippen molar-refractivity contribution in [2.45, 2.75) is 13.8 Å². The van der Waals surface area contributed by atoms with Gasteiger partial charge in [-0.25, -0.2) is 4.98 Å². The van der Waals surface area contributed by atoms with Crippen LogP contribution in [-0.2, 0) is 4.79 Å². The third kappa shape index (κ3) is 2.24. The number of thiazole rings is 1. The van der Waals surface area contributed by atoms with Crippen molar-refractivity contribution in [2.24, 2.45) is 0 Å². The van der Waals surface area contributed by atoms with Crippen LogP contribution in [0.25, 0.3) is 0 Å². The molecule has 1 amide bonds. The molecular weight excluding hydrogens is 210 g/mol. The van der Waals surface area contributed by atoms with Gasteiger partial charge in [0.2, 0.25) is 0 Å². The van der Waals surface area contributed by atoms with Crippen molar-refractivity contribution in [3.05, 3.63) is 22.2 Å². The lowest BCUT2D eigenvalue weighted by molar-refractivity contribution is -0.112. The van der Waals surface area contributed by atoms with Crippen molar-refractivity contribution in [3.8, 4) is 0 Å². The number of hydrogen-bond acceptors (Lipinski definition) is 4. The monoisotopic (exact) mass is 223 g/mol. The van der Waals surface area contributed by atoms with Crippen molar-refractivity contribution >= 4 is 22.4 Å². The van der Waals surface area contributed by atoms with Crippen LogP contribution in [0.5, 0.6) is 0 Å². The SMILES string of the molecule is CC(C(=O)Nc1ncc(C)s1)=C1CNC1. The lowest BCUT2D eigenvalue weighted by Gasteiger charge is -2.21. The zero-order valence-corrected chi connectivity index (χ0v) is 9.57. The van der Waals surface area contributed by atoms with Crippen LogP contribution >= 0.6 is 11.3 Å². The van der Waals surface area contributed by atoms with Gasteiger partial charge < -0.3 is 5.32 Å². The summed E-state index contributed by atoms with van der Waals surface area (Å²) in [5, 5.41) is 6.58. The van der Waals surface area contributed by atoms with Crippen LogP contribution < -0.4 is 10.6 Å². The quantitative estimate of drug-likeness (QED) is 0.743. The highest BCUT2D eigenvalue weighted by Crippen LogP contribution is 2.18. The predicted octanol–water partition coefficient (Wildman–Crippen LogP) is 1.31. The zero-order chi connectivity index (χ0) is 10.8. The maximum Gasteiger partial charge on any atom is 0.253 e. The van der Waals surface area contributed by atoms with E-state index in [4.69, 9.17) is 0 Å². The fraction of sp³-hybridized carbons (Fsp3) is 0.400. The number of hydrogen-bond donors (Lipinski definition) is 2. The van der Waals surface area contributed by atoms with E-state index >= 15 is 0 Å². The first-order valence-corrected chi connectivity index (χ1v) is 5.61. The van der Waals surface area contributed by atoms with Gasteiger partial charge in [0.15, 0.2) is 5.13 Å². The fourth-order valence-corrected chi connectivity index (χ4v) is 1.94. The number of nitrogens with zero attached hydrogens (tertiary/aromatic N) is 1. The van der Waals surface area contributed by atoms with Crippen LogP contribution in [-0.4, -0.2) is 24.0 Å². The molecule has 80 valence electrons. The minimum atomic E-state index is -0.0409. The van der Waals surface area contributed by atoms with E-state index in [0.717, 1.165) is 23.5 Å². The standard InChI is InChI=1S/C10H13N3OS/c1-6-3-12-10(15-6)13-9(14)7(2)8-4-11-5-8/h3,11H,4-5H2,1-2H3,(H,12,13,14). The van der Waals surface area contributed by atoms with Gasteiger partial charge in [-0.3, -0.25) is 10.1 Å². The average Bonchev–Trinajstić information content (AvgIpc) is 2.48. The Morgan fingerprint density at radius 2 is 2.33 bits per heavy atom. The average molecular weight is 223 g/mol. The Balaban J connectivity index is 2.03. The van der Waals surface area contributed by atoms with Gasteiger partial charge >= 0.3 is 0 Å². The second-order valence-electron chi connectivity index (χ2n) is 3.56. The van der Waals surface area contributed by atoms with E-state index in [-0.39, 0.29) is 5.91 Å². The molecular formula is C10H13N3OS. The molecule has 0 bridgehead atoms. The maximum atomic E-state index is 11.7. The third-order valence-corrected chi connectivity index (χ3v) is 3.22. The Labute approximate surface area is 92.4 Å². The Morgan fingerprint density at radius 3 is 2.80 bits per heavy atom. The van der Waals surface area contributed by atoms with Crippen LogP contribution in [0.2, 0.25) is 0 Å². The second kappa shape index (κ2) is 4.12. The third-order valence-electron chi connectivity index (χ3n) is 2.39. The van der Waals surface area contributed by atoms with Crippen molar-refractivity contribution in [1.29, 1.82) is 0 Å². The summed E-state index contributed by atoms with van der Waals surface area (Å²) >= 11 is 1.49. The number of anilines is 1. The first-order chi connectivity index (χ1) is 7.16. The molecule has 0 aliphatic carbocycles. The summed E-state index contributed by atoms with van der Waals surface area (Å²) in [4.78, 5) is 16.9. The molecule has 0 atom stereocenters. The Kier molecular flexibility index (Phi) is 2.83. The molecule has 1 aliphatic rings. The van der Waals surface area contributed by atoms with E-state index in [1.165, 1.54) is 16.9 Å². The first-order valence-electron chi connectivity index (χ1n) is 4.80. The fourth-order valence-electron chi connectivity index (χ4n) is 1.28. The van der Waals surface area contributed by atoms with Crippen molar-refractivity contribution in [1.82, 2.24) is 10.3 Å². The van der Waals surface area contributed by atoms with E-state index in [0.29, 0.717) is 5.13 Å². The minimum Gasteiger partial charge on any atom is -0.309 e. The number of rotatable bonds is 2. The molecule has 0 aromatic carbocycles. The second-order valence-corrected chi connectivity index (χ2v) is 4.80. The van der Waals surface area contributed by atoms with Gasteiger partial charge in [-0.15, -0.1) is 11.3 Å². The topological polar surface area (TPSA) is 54.0 Å². The number of nitrogens with one attached hydrogen (secondary N) is 2. The van der Waals surface area contributed by atoms with Crippen molar-refractivity contribution < 1.29 is 4.79 Å². The predicted molar refractivity (Wildman–Crippen MR) is 61.1 cm³/mol. The molecule has 1 aromatic heterocycles. The molecule has 1 aliphatic heterocycles. The van der Waals surface area contributed by atoms with E-state index in [1.54, 1.807) is 6.20 Å². The van der Waals surface area contributed by atoms with Gasteiger partial charge in [0.1, 0.15) is 0 Å². The summed E-state index contributed by atoms with van der Waals surface area (Å²) in [7, 11) is 0. The largest absolute Gasteiger partial charge is 0.309 e. The van der Waals surface area contributed by atoms with E-state index in [9.17, 15) is 4.79 Å². The molecule has 0 saturated carbocycles. The van der Waals surface area contributed by atoms with Crippen LogP contribution in [0.3, 0.4) is 0 Å². The van der Waals surface area contributed by atoms with Crippen LogP contribution in [0, 0.1) is 6.92 Å². The number of carbonyl (C=O) groups excluding carboxylic acids is 1. The summed E-state index contributed by atoms with van der Waals surface area (Å²) in [6.07, 6.45) is 1.76. The van der Waals surface area contributed by atoms with Gasteiger partial charge in [0.25, 0.3) is 5.91 Å². The number of carbonyl (C=O) groups is 1. The summed E-state index contributed by atoms with van der Waals surface area (Å²) < 4.78 is 0. The van der Waals surface area contributed by atoms with Crippen molar-refractivity contribution in [3.63, 3.8) is 0 Å². The molecule has 1 saturated heterocycles. The number of aryl methyl sites for hydroxylation is 1. The van der Waals surface area contributed by atoms with E-state index < -0.39 is 0 Å². The summed E-state index contributed by atoms with van der Waals surface area (Å²) in [6.45, 7) is 5.48.